The van der Waals surface area contributed by atoms with E-state index in [1.165, 1.54) is 17.8 Å². The summed E-state index contributed by atoms with van der Waals surface area (Å²) in [5.74, 6) is 0.276. The van der Waals surface area contributed by atoms with Gasteiger partial charge in [-0.05, 0) is 6.92 Å². The summed E-state index contributed by atoms with van der Waals surface area (Å²) in [4.78, 5) is 4.00. The minimum atomic E-state index is -3.02. The van der Waals surface area contributed by atoms with Crippen molar-refractivity contribution in [1.82, 2.24) is 9.36 Å². The highest BCUT2D eigenvalue weighted by Gasteiger charge is 2.09. The highest BCUT2D eigenvalue weighted by Crippen LogP contribution is 2.11. The molecule has 0 aliphatic heterocycles. The molecule has 1 aromatic rings. The van der Waals surface area contributed by atoms with Gasteiger partial charge in [0.2, 0.25) is 5.13 Å². The van der Waals surface area contributed by atoms with E-state index in [9.17, 15) is 8.42 Å². The normalized spacial score (nSPS) is 11.5. The number of rotatable bonds is 4. The van der Waals surface area contributed by atoms with Gasteiger partial charge in [-0.3, -0.25) is 0 Å². The zero-order valence-electron chi connectivity index (χ0n) is 7.44. The summed E-state index contributed by atoms with van der Waals surface area (Å²) in [6.07, 6.45) is 1.17. The SMILES string of the molecule is CCNc1nc(CS(C)(=O)=O)ns1. The molecular weight excluding hydrogens is 210 g/mol. The van der Waals surface area contributed by atoms with Crippen LogP contribution in [-0.4, -0.2) is 30.6 Å². The first-order valence-electron chi connectivity index (χ1n) is 3.75. The van der Waals surface area contributed by atoms with Gasteiger partial charge in [0.15, 0.2) is 15.7 Å². The largest absolute Gasteiger partial charge is 0.361 e. The fourth-order valence-electron chi connectivity index (χ4n) is 0.770. The van der Waals surface area contributed by atoms with Crippen LogP contribution in [0, 0.1) is 0 Å². The Hall–Kier alpha value is -0.690. The van der Waals surface area contributed by atoms with Crippen molar-refractivity contribution < 1.29 is 8.42 Å². The number of nitrogens with one attached hydrogen (secondary N) is 1. The lowest BCUT2D eigenvalue weighted by molar-refractivity contribution is 0.600. The Kier molecular flexibility index (Phi) is 3.21. The van der Waals surface area contributed by atoms with E-state index in [1.54, 1.807) is 0 Å². The molecule has 0 fully saturated rings. The maximum Gasteiger partial charge on any atom is 0.202 e. The zero-order valence-corrected chi connectivity index (χ0v) is 9.07. The van der Waals surface area contributed by atoms with E-state index in [2.05, 4.69) is 14.7 Å². The minimum absolute atomic E-state index is 0.0884. The molecule has 5 nitrogen and oxygen atoms in total. The molecule has 0 bridgehead atoms. The highest BCUT2D eigenvalue weighted by atomic mass is 32.2. The molecule has 0 spiro atoms. The van der Waals surface area contributed by atoms with E-state index in [1.807, 2.05) is 6.92 Å². The monoisotopic (exact) mass is 221 g/mol. The van der Waals surface area contributed by atoms with E-state index in [4.69, 9.17) is 0 Å². The third-order valence-electron chi connectivity index (χ3n) is 1.19. The average Bonchev–Trinajstić information content (AvgIpc) is 2.33. The van der Waals surface area contributed by atoms with Gasteiger partial charge in [-0.15, -0.1) is 0 Å². The van der Waals surface area contributed by atoms with Gasteiger partial charge < -0.3 is 5.32 Å². The van der Waals surface area contributed by atoms with E-state index in [0.29, 0.717) is 11.0 Å². The predicted octanol–water partition coefficient (Wildman–Crippen LogP) is 0.514. The summed E-state index contributed by atoms with van der Waals surface area (Å²) in [5.41, 5.74) is 0. The number of anilines is 1. The molecule has 0 saturated heterocycles. The smallest absolute Gasteiger partial charge is 0.202 e. The fraction of sp³-hybridized carbons (Fsp3) is 0.667. The summed E-state index contributed by atoms with van der Waals surface area (Å²) < 4.78 is 25.7. The van der Waals surface area contributed by atoms with Crippen LogP contribution in [0.15, 0.2) is 0 Å². The van der Waals surface area contributed by atoms with E-state index in [0.717, 1.165) is 6.54 Å². The topological polar surface area (TPSA) is 72.0 Å². The van der Waals surface area contributed by atoms with E-state index in [-0.39, 0.29) is 5.75 Å². The van der Waals surface area contributed by atoms with Crippen molar-refractivity contribution in [3.63, 3.8) is 0 Å². The molecular formula is C6H11N3O2S2. The summed E-state index contributed by atoms with van der Waals surface area (Å²) >= 11 is 1.18. The van der Waals surface area contributed by atoms with E-state index < -0.39 is 9.84 Å². The standard InChI is InChI=1S/C6H11N3O2S2/c1-3-7-6-8-5(9-12-6)4-13(2,10)11/h3-4H2,1-2H3,(H,7,8,9). The van der Waals surface area contributed by atoms with Crippen LogP contribution in [0.2, 0.25) is 0 Å². The van der Waals surface area contributed by atoms with E-state index >= 15 is 0 Å². The molecule has 0 radical (unpaired) electrons. The van der Waals surface area contributed by atoms with Crippen LogP contribution >= 0.6 is 11.5 Å². The van der Waals surface area contributed by atoms with Gasteiger partial charge in [0, 0.05) is 24.3 Å². The second-order valence-electron chi connectivity index (χ2n) is 2.62. The Morgan fingerprint density at radius 2 is 2.23 bits per heavy atom. The first-order chi connectivity index (χ1) is 6.01. The van der Waals surface area contributed by atoms with Crippen molar-refractivity contribution in [1.29, 1.82) is 0 Å². The molecule has 74 valence electrons. The molecule has 1 N–H and O–H groups in total. The molecule has 0 aliphatic rings. The lowest BCUT2D eigenvalue weighted by Gasteiger charge is -1.92. The van der Waals surface area contributed by atoms with Crippen molar-refractivity contribution in [3.05, 3.63) is 5.82 Å². The third-order valence-corrected chi connectivity index (χ3v) is 2.68. The maximum absolute atomic E-state index is 10.9. The van der Waals surface area contributed by atoms with Crippen LogP contribution in [0.3, 0.4) is 0 Å². The molecule has 7 heteroatoms. The Bertz CT molecular complexity index is 371. The van der Waals surface area contributed by atoms with Crippen molar-refractivity contribution >= 4 is 26.5 Å². The van der Waals surface area contributed by atoms with Crippen LogP contribution in [0.25, 0.3) is 0 Å². The number of aromatic nitrogens is 2. The van der Waals surface area contributed by atoms with Crippen LogP contribution in [0.5, 0.6) is 0 Å². The lowest BCUT2D eigenvalue weighted by atomic mass is 10.7. The summed E-state index contributed by atoms with van der Waals surface area (Å²) in [6.45, 7) is 2.70. The average molecular weight is 221 g/mol. The quantitative estimate of drug-likeness (QED) is 0.802. The Labute approximate surface area is 81.3 Å². The Balaban J connectivity index is 2.69. The van der Waals surface area contributed by atoms with Crippen molar-refractivity contribution in [2.75, 3.05) is 18.1 Å². The first kappa shape index (κ1) is 10.4. The van der Waals surface area contributed by atoms with Crippen molar-refractivity contribution in [3.8, 4) is 0 Å². The van der Waals surface area contributed by atoms with Crippen molar-refractivity contribution in [2.45, 2.75) is 12.7 Å². The molecule has 0 saturated carbocycles. The lowest BCUT2D eigenvalue weighted by Crippen LogP contribution is -2.02. The van der Waals surface area contributed by atoms with Gasteiger partial charge in [0.1, 0.15) is 5.75 Å². The second kappa shape index (κ2) is 4.01. The summed E-state index contributed by atoms with van der Waals surface area (Å²) in [6, 6.07) is 0. The van der Waals surface area contributed by atoms with Crippen LogP contribution in [-0.2, 0) is 15.6 Å². The Morgan fingerprint density at radius 3 is 2.77 bits per heavy atom. The van der Waals surface area contributed by atoms with Crippen LogP contribution in [0.4, 0.5) is 5.13 Å². The summed E-state index contributed by atoms with van der Waals surface area (Å²) in [7, 11) is -3.02. The number of hydrogen-bond donors (Lipinski definition) is 1. The maximum atomic E-state index is 10.9. The molecule has 0 unspecified atom stereocenters. The van der Waals surface area contributed by atoms with Gasteiger partial charge in [0.25, 0.3) is 0 Å². The van der Waals surface area contributed by atoms with Gasteiger partial charge in [0.05, 0.1) is 0 Å². The second-order valence-corrected chi connectivity index (χ2v) is 5.51. The Morgan fingerprint density at radius 1 is 1.54 bits per heavy atom. The van der Waals surface area contributed by atoms with Gasteiger partial charge in [-0.2, -0.15) is 4.37 Å². The molecule has 0 aromatic carbocycles. The first-order valence-corrected chi connectivity index (χ1v) is 6.59. The molecule has 0 atom stereocenters. The van der Waals surface area contributed by atoms with Crippen molar-refractivity contribution in [2.24, 2.45) is 0 Å². The fourth-order valence-corrected chi connectivity index (χ4v) is 2.10. The van der Waals surface area contributed by atoms with Gasteiger partial charge in [-0.1, -0.05) is 0 Å². The number of hydrogen-bond acceptors (Lipinski definition) is 6. The zero-order chi connectivity index (χ0) is 9.90. The molecule has 1 aromatic heterocycles. The minimum Gasteiger partial charge on any atom is -0.361 e. The molecule has 0 aliphatic carbocycles. The number of sulfone groups is 1. The van der Waals surface area contributed by atoms with Gasteiger partial charge in [-0.25, -0.2) is 13.4 Å². The third kappa shape index (κ3) is 3.69. The molecule has 1 rings (SSSR count). The molecule has 1 heterocycles. The highest BCUT2D eigenvalue weighted by molar-refractivity contribution is 7.89. The van der Waals surface area contributed by atoms with Gasteiger partial charge >= 0.3 is 0 Å². The molecule has 0 amide bonds. The van der Waals surface area contributed by atoms with Crippen LogP contribution in [0.1, 0.15) is 12.7 Å². The number of nitrogens with zero attached hydrogens (tertiary/aromatic N) is 2. The van der Waals surface area contributed by atoms with Crippen LogP contribution < -0.4 is 5.32 Å². The summed E-state index contributed by atoms with van der Waals surface area (Å²) in [5, 5.41) is 3.63. The molecule has 13 heavy (non-hydrogen) atoms. The predicted molar refractivity (Wildman–Crippen MR) is 52.6 cm³/mol.